The summed E-state index contributed by atoms with van der Waals surface area (Å²) in [6.45, 7) is 2.25. The molecule has 0 radical (unpaired) electrons. The molecule has 0 amide bonds. The Kier molecular flexibility index (Phi) is 9.48. The van der Waals surface area contributed by atoms with E-state index in [0.717, 1.165) is 12.8 Å². The number of rotatable bonds is 13. The Morgan fingerprint density at radius 2 is 1.10 bits per heavy atom. The summed E-state index contributed by atoms with van der Waals surface area (Å²) in [7, 11) is -3.60. The molecule has 0 aliphatic carbocycles. The Morgan fingerprint density at radius 3 is 1.50 bits per heavy atom. The van der Waals surface area contributed by atoms with Crippen LogP contribution in [0.1, 0.15) is 90.4 Å². The minimum absolute atomic E-state index is 0.511. The second-order valence-electron chi connectivity index (χ2n) is 5.71. The molecule has 0 aromatic heterocycles. The first-order valence-electron chi connectivity index (χ1n) is 8.25. The fourth-order valence-electron chi connectivity index (χ4n) is 2.52. The summed E-state index contributed by atoms with van der Waals surface area (Å²) in [5, 5.41) is 0. The number of hydrogen-bond donors (Lipinski definition) is 0. The Hall–Kier alpha value is -0.130. The lowest BCUT2D eigenvalue weighted by Gasteiger charge is -2.24. The summed E-state index contributed by atoms with van der Waals surface area (Å²) < 4.78 is 30.3. The normalized spacial score (nSPS) is 18.1. The van der Waals surface area contributed by atoms with Gasteiger partial charge in [-0.05, 0) is 6.42 Å². The van der Waals surface area contributed by atoms with Crippen LogP contribution in [0.5, 0.6) is 0 Å². The van der Waals surface area contributed by atoms with E-state index in [9.17, 15) is 8.42 Å². The predicted octanol–water partition coefficient (Wildman–Crippen LogP) is 4.70. The van der Waals surface area contributed by atoms with Crippen LogP contribution >= 0.6 is 0 Å². The highest BCUT2D eigenvalue weighted by Crippen LogP contribution is 2.23. The molecule has 1 aliphatic heterocycles. The lowest BCUT2D eigenvalue weighted by Crippen LogP contribution is -2.35. The number of unbranched alkanes of at least 4 members (excludes halogenated alkanes) is 11. The highest BCUT2D eigenvalue weighted by molar-refractivity contribution is 7.82. The van der Waals surface area contributed by atoms with Crippen LogP contribution in [0, 0.1) is 0 Å². The van der Waals surface area contributed by atoms with Gasteiger partial charge in [0.1, 0.15) is 0 Å². The Morgan fingerprint density at radius 1 is 0.700 bits per heavy atom. The summed E-state index contributed by atoms with van der Waals surface area (Å²) >= 11 is 0. The monoisotopic (exact) mass is 306 g/mol. The summed E-state index contributed by atoms with van der Waals surface area (Å²) in [4.78, 5) is 0. The molecular weight excluding hydrogens is 276 g/mol. The molecule has 0 unspecified atom stereocenters. The maximum atomic E-state index is 10.6. The van der Waals surface area contributed by atoms with Crippen molar-refractivity contribution in [2.24, 2.45) is 0 Å². The van der Waals surface area contributed by atoms with E-state index in [4.69, 9.17) is 0 Å². The topological polar surface area (TPSA) is 52.6 Å². The van der Waals surface area contributed by atoms with E-state index in [0.29, 0.717) is 6.42 Å². The molecule has 0 spiro atoms. The van der Waals surface area contributed by atoms with Gasteiger partial charge in [0.05, 0.1) is 0 Å². The first-order valence-corrected chi connectivity index (χ1v) is 9.59. The SMILES string of the molecule is CCCCCCCCCCCCCCC1OS(=O)(=O)O1. The zero-order chi connectivity index (χ0) is 14.7. The average Bonchev–Trinajstić information content (AvgIpc) is 2.37. The first kappa shape index (κ1) is 17.9. The van der Waals surface area contributed by atoms with E-state index in [-0.39, 0.29) is 0 Å². The molecule has 120 valence electrons. The summed E-state index contributed by atoms with van der Waals surface area (Å²) in [6, 6.07) is 0. The van der Waals surface area contributed by atoms with Crippen molar-refractivity contribution in [3.05, 3.63) is 0 Å². The van der Waals surface area contributed by atoms with Crippen molar-refractivity contribution in [1.29, 1.82) is 0 Å². The van der Waals surface area contributed by atoms with Crippen LogP contribution in [0.2, 0.25) is 0 Å². The van der Waals surface area contributed by atoms with Gasteiger partial charge in [-0.2, -0.15) is 8.42 Å². The third kappa shape index (κ3) is 8.93. The first-order chi connectivity index (χ1) is 9.64. The van der Waals surface area contributed by atoms with Gasteiger partial charge in [0, 0.05) is 6.42 Å². The van der Waals surface area contributed by atoms with Crippen LogP contribution < -0.4 is 0 Å². The fraction of sp³-hybridized carbons (Fsp3) is 1.00. The van der Waals surface area contributed by atoms with Crippen molar-refractivity contribution in [1.82, 2.24) is 0 Å². The van der Waals surface area contributed by atoms with Crippen LogP contribution in [0.4, 0.5) is 0 Å². The number of hydrogen-bond acceptors (Lipinski definition) is 4. The van der Waals surface area contributed by atoms with E-state index < -0.39 is 16.7 Å². The van der Waals surface area contributed by atoms with E-state index in [1.165, 1.54) is 64.2 Å². The van der Waals surface area contributed by atoms with Crippen LogP contribution in [0.15, 0.2) is 0 Å². The van der Waals surface area contributed by atoms with Crippen molar-refractivity contribution in [3.8, 4) is 0 Å². The van der Waals surface area contributed by atoms with Crippen molar-refractivity contribution >= 4 is 10.4 Å². The van der Waals surface area contributed by atoms with Gasteiger partial charge >= 0.3 is 10.4 Å². The molecule has 1 fully saturated rings. The largest absolute Gasteiger partial charge is 0.404 e. The molecule has 5 heteroatoms. The minimum Gasteiger partial charge on any atom is -0.215 e. The van der Waals surface area contributed by atoms with Gasteiger partial charge < -0.3 is 0 Å². The third-order valence-electron chi connectivity index (χ3n) is 3.74. The minimum atomic E-state index is -3.60. The van der Waals surface area contributed by atoms with Gasteiger partial charge in [-0.25, -0.2) is 8.37 Å². The average molecular weight is 306 g/mol. The van der Waals surface area contributed by atoms with E-state index in [2.05, 4.69) is 15.3 Å². The molecule has 1 rings (SSSR count). The lowest BCUT2D eigenvalue weighted by atomic mass is 10.0. The smallest absolute Gasteiger partial charge is 0.215 e. The molecule has 0 saturated carbocycles. The maximum absolute atomic E-state index is 10.6. The van der Waals surface area contributed by atoms with Gasteiger partial charge in [0.15, 0.2) is 6.29 Å². The zero-order valence-corrected chi connectivity index (χ0v) is 13.6. The summed E-state index contributed by atoms with van der Waals surface area (Å²) in [6.07, 6.45) is 15.8. The van der Waals surface area contributed by atoms with E-state index in [1.807, 2.05) is 0 Å². The molecule has 1 aliphatic rings. The molecular formula is C15H30O4S. The molecule has 0 N–H and O–H groups in total. The highest BCUT2D eigenvalue weighted by atomic mass is 32.3. The van der Waals surface area contributed by atoms with Gasteiger partial charge in [-0.1, -0.05) is 77.6 Å². The van der Waals surface area contributed by atoms with Gasteiger partial charge in [0.25, 0.3) is 0 Å². The van der Waals surface area contributed by atoms with Gasteiger partial charge in [-0.15, -0.1) is 0 Å². The molecule has 0 bridgehead atoms. The van der Waals surface area contributed by atoms with Crippen molar-refractivity contribution in [2.45, 2.75) is 96.7 Å². The van der Waals surface area contributed by atoms with E-state index >= 15 is 0 Å². The lowest BCUT2D eigenvalue weighted by molar-refractivity contribution is -0.0842. The summed E-state index contributed by atoms with van der Waals surface area (Å²) in [5.74, 6) is 0. The predicted molar refractivity (Wildman–Crippen MR) is 80.6 cm³/mol. The Labute approximate surface area is 124 Å². The van der Waals surface area contributed by atoms with Crippen LogP contribution in [0.25, 0.3) is 0 Å². The molecule has 1 heterocycles. The molecule has 0 aromatic rings. The van der Waals surface area contributed by atoms with Crippen LogP contribution in [-0.4, -0.2) is 14.7 Å². The molecule has 0 atom stereocenters. The molecule has 0 aromatic carbocycles. The molecule has 4 nitrogen and oxygen atoms in total. The Balaban J connectivity index is 1.71. The second-order valence-corrected chi connectivity index (χ2v) is 6.91. The van der Waals surface area contributed by atoms with E-state index in [1.54, 1.807) is 0 Å². The molecule has 1 saturated heterocycles. The highest BCUT2D eigenvalue weighted by Gasteiger charge is 2.35. The van der Waals surface area contributed by atoms with Gasteiger partial charge in [0.2, 0.25) is 0 Å². The third-order valence-corrected chi connectivity index (χ3v) is 4.64. The fourth-order valence-corrected chi connectivity index (χ4v) is 3.25. The quantitative estimate of drug-likeness (QED) is 0.463. The standard InChI is InChI=1S/C15H30O4S/c1-2-3-4-5-6-7-8-9-10-11-12-13-14-15-18-20(16,17)19-15/h15H,2-14H2,1H3. The Bertz CT molecular complexity index is 315. The maximum Gasteiger partial charge on any atom is 0.404 e. The van der Waals surface area contributed by atoms with Crippen molar-refractivity contribution < 1.29 is 16.8 Å². The molecule has 20 heavy (non-hydrogen) atoms. The van der Waals surface area contributed by atoms with Gasteiger partial charge in [-0.3, -0.25) is 0 Å². The van der Waals surface area contributed by atoms with Crippen molar-refractivity contribution in [2.75, 3.05) is 0 Å². The summed E-state index contributed by atoms with van der Waals surface area (Å²) in [5.41, 5.74) is 0. The zero-order valence-electron chi connectivity index (χ0n) is 12.8. The van der Waals surface area contributed by atoms with Crippen LogP contribution in [0.3, 0.4) is 0 Å². The van der Waals surface area contributed by atoms with Crippen LogP contribution in [-0.2, 0) is 18.8 Å². The second kappa shape index (κ2) is 10.6. The van der Waals surface area contributed by atoms with Crippen molar-refractivity contribution in [3.63, 3.8) is 0 Å².